The number of H-pyrrole nitrogens is 1. The molecule has 2 N–H and O–H groups in total. The summed E-state index contributed by atoms with van der Waals surface area (Å²) < 4.78 is 0. The average Bonchev–Trinajstić information content (AvgIpc) is 2.46. The number of rotatable bonds is 3. The summed E-state index contributed by atoms with van der Waals surface area (Å²) in [4.78, 5) is 33.8. The molecular weight excluding hydrogens is 290 g/mol. The Morgan fingerprint density at radius 2 is 2.14 bits per heavy atom. The minimum absolute atomic E-state index is 0.159. The van der Waals surface area contributed by atoms with E-state index in [0.717, 1.165) is 48.7 Å². The van der Waals surface area contributed by atoms with Crippen molar-refractivity contribution in [3.05, 3.63) is 45.5 Å². The smallest absolute Gasteiger partial charge is 0.338 e. The van der Waals surface area contributed by atoms with Crippen LogP contribution in [0.25, 0.3) is 0 Å². The summed E-state index contributed by atoms with van der Waals surface area (Å²) in [6, 6.07) is 3.01. The summed E-state index contributed by atoms with van der Waals surface area (Å²) in [5.74, 6) is -1.02. The maximum Gasteiger partial charge on any atom is 0.338 e. The molecule has 0 bridgehead atoms. The van der Waals surface area contributed by atoms with Gasteiger partial charge in [0.15, 0.2) is 5.16 Å². The minimum Gasteiger partial charge on any atom is -0.478 e. The molecular formula is C14H13N3O3S. The number of aryl methyl sites for hydroxylation is 2. The topological polar surface area (TPSA) is 95.9 Å². The van der Waals surface area contributed by atoms with Gasteiger partial charge in [-0.15, -0.1) is 0 Å². The van der Waals surface area contributed by atoms with Crippen molar-refractivity contribution in [3.63, 3.8) is 0 Å². The van der Waals surface area contributed by atoms with Crippen molar-refractivity contribution in [2.75, 3.05) is 0 Å². The number of carboxylic acids is 1. The van der Waals surface area contributed by atoms with Gasteiger partial charge in [0.1, 0.15) is 5.03 Å². The molecule has 0 aliphatic heterocycles. The first-order valence-electron chi connectivity index (χ1n) is 6.63. The van der Waals surface area contributed by atoms with Crippen LogP contribution in [0.15, 0.2) is 33.3 Å². The molecule has 1 aliphatic carbocycles. The molecule has 0 fully saturated rings. The van der Waals surface area contributed by atoms with E-state index in [1.807, 2.05) is 0 Å². The molecule has 0 saturated carbocycles. The highest BCUT2D eigenvalue weighted by atomic mass is 32.2. The maximum atomic E-state index is 11.4. The predicted octanol–water partition coefficient (Wildman–Crippen LogP) is 1.89. The molecule has 0 unspecified atom stereocenters. The van der Waals surface area contributed by atoms with E-state index in [4.69, 9.17) is 0 Å². The lowest BCUT2D eigenvalue weighted by Gasteiger charge is -2.16. The first kappa shape index (κ1) is 13.8. The van der Waals surface area contributed by atoms with Crippen LogP contribution < -0.4 is 5.56 Å². The Morgan fingerprint density at radius 3 is 2.90 bits per heavy atom. The summed E-state index contributed by atoms with van der Waals surface area (Å²) in [7, 11) is 0. The fraction of sp³-hybridized carbons (Fsp3) is 0.286. The maximum absolute atomic E-state index is 11.4. The van der Waals surface area contributed by atoms with Crippen molar-refractivity contribution < 1.29 is 9.90 Å². The molecule has 6 nitrogen and oxygen atoms in total. The monoisotopic (exact) mass is 303 g/mol. The van der Waals surface area contributed by atoms with Crippen LogP contribution in [-0.2, 0) is 12.8 Å². The molecule has 1 aliphatic rings. The van der Waals surface area contributed by atoms with Gasteiger partial charge in [0.05, 0.1) is 5.56 Å². The van der Waals surface area contributed by atoms with Crippen molar-refractivity contribution in [2.45, 2.75) is 35.9 Å². The molecule has 0 radical (unpaired) electrons. The molecule has 0 aromatic carbocycles. The number of nitrogens with zero attached hydrogens (tertiary/aromatic N) is 2. The van der Waals surface area contributed by atoms with Gasteiger partial charge in [-0.2, -0.15) is 0 Å². The van der Waals surface area contributed by atoms with Gasteiger partial charge in [0, 0.05) is 18.0 Å². The van der Waals surface area contributed by atoms with E-state index in [9.17, 15) is 14.7 Å². The average molecular weight is 303 g/mol. The van der Waals surface area contributed by atoms with Crippen LogP contribution in [0.2, 0.25) is 0 Å². The highest BCUT2D eigenvalue weighted by molar-refractivity contribution is 7.99. The van der Waals surface area contributed by atoms with Gasteiger partial charge in [0.2, 0.25) is 0 Å². The van der Waals surface area contributed by atoms with E-state index in [1.54, 1.807) is 6.07 Å². The van der Waals surface area contributed by atoms with Crippen LogP contribution in [0.5, 0.6) is 0 Å². The number of aromatic carboxylic acids is 1. The van der Waals surface area contributed by atoms with Crippen LogP contribution in [-0.4, -0.2) is 26.0 Å². The zero-order valence-corrected chi connectivity index (χ0v) is 11.9. The lowest BCUT2D eigenvalue weighted by atomic mass is 9.95. The van der Waals surface area contributed by atoms with Gasteiger partial charge >= 0.3 is 5.97 Å². The van der Waals surface area contributed by atoms with Crippen molar-refractivity contribution in [2.24, 2.45) is 0 Å². The zero-order valence-electron chi connectivity index (χ0n) is 11.1. The number of carbonyl (C=O) groups is 1. The molecule has 3 rings (SSSR count). The molecule has 0 atom stereocenters. The lowest BCUT2D eigenvalue weighted by molar-refractivity contribution is 0.0692. The molecule has 2 heterocycles. The van der Waals surface area contributed by atoms with E-state index < -0.39 is 5.97 Å². The van der Waals surface area contributed by atoms with Crippen LogP contribution in [0.1, 0.15) is 34.5 Å². The van der Waals surface area contributed by atoms with Gasteiger partial charge in [-0.25, -0.2) is 14.8 Å². The van der Waals surface area contributed by atoms with Crippen LogP contribution in [0, 0.1) is 0 Å². The Balaban J connectivity index is 2.03. The lowest BCUT2D eigenvalue weighted by Crippen LogP contribution is -2.11. The van der Waals surface area contributed by atoms with E-state index in [-0.39, 0.29) is 11.1 Å². The van der Waals surface area contributed by atoms with Crippen molar-refractivity contribution in [1.29, 1.82) is 0 Å². The van der Waals surface area contributed by atoms with Gasteiger partial charge < -0.3 is 10.1 Å². The standard InChI is InChI=1S/C14H13N3O3S/c18-11-5-6-15-14(17-11)21-12-9(13(19)20)7-8-3-1-2-4-10(8)16-12/h5-7H,1-4H2,(H,19,20)(H,15,17,18). The highest BCUT2D eigenvalue weighted by Gasteiger charge is 2.20. The fourth-order valence-electron chi connectivity index (χ4n) is 2.34. The third-order valence-electron chi connectivity index (χ3n) is 3.34. The number of fused-ring (bicyclic) bond motifs is 1. The summed E-state index contributed by atoms with van der Waals surface area (Å²) in [5.41, 5.74) is 1.85. The normalized spacial score (nSPS) is 13.7. The Kier molecular flexibility index (Phi) is 3.74. The first-order valence-corrected chi connectivity index (χ1v) is 7.44. The van der Waals surface area contributed by atoms with E-state index in [2.05, 4.69) is 15.0 Å². The minimum atomic E-state index is -1.02. The molecule has 0 saturated heterocycles. The summed E-state index contributed by atoms with van der Waals surface area (Å²) >= 11 is 1.07. The number of aromatic nitrogens is 3. The van der Waals surface area contributed by atoms with Gasteiger partial charge in [-0.1, -0.05) is 0 Å². The van der Waals surface area contributed by atoms with Crippen LogP contribution in [0.3, 0.4) is 0 Å². The summed E-state index contributed by atoms with van der Waals surface area (Å²) in [5, 5.41) is 10.1. The van der Waals surface area contributed by atoms with E-state index in [1.165, 1.54) is 12.3 Å². The molecule has 0 amide bonds. The summed E-state index contributed by atoms with van der Waals surface area (Å²) in [6.45, 7) is 0. The van der Waals surface area contributed by atoms with Crippen LogP contribution in [0.4, 0.5) is 0 Å². The Morgan fingerprint density at radius 1 is 1.33 bits per heavy atom. The number of hydrogen-bond donors (Lipinski definition) is 2. The van der Waals surface area contributed by atoms with Crippen molar-refractivity contribution >= 4 is 17.7 Å². The highest BCUT2D eigenvalue weighted by Crippen LogP contribution is 2.30. The second-order valence-corrected chi connectivity index (χ2v) is 5.78. The molecule has 108 valence electrons. The number of aromatic amines is 1. The second-order valence-electron chi connectivity index (χ2n) is 4.80. The Labute approximate surface area is 124 Å². The number of pyridine rings is 1. The number of carboxylic acid groups (broad SMARTS) is 1. The summed E-state index contributed by atoms with van der Waals surface area (Å²) in [6.07, 6.45) is 5.25. The largest absolute Gasteiger partial charge is 0.478 e. The third kappa shape index (κ3) is 2.97. The quantitative estimate of drug-likeness (QED) is 0.841. The van der Waals surface area contributed by atoms with Crippen molar-refractivity contribution in [3.8, 4) is 0 Å². The van der Waals surface area contributed by atoms with Gasteiger partial charge in [-0.3, -0.25) is 4.79 Å². The zero-order chi connectivity index (χ0) is 14.8. The van der Waals surface area contributed by atoms with Crippen LogP contribution >= 0.6 is 11.8 Å². The Hall–Kier alpha value is -2.15. The third-order valence-corrected chi connectivity index (χ3v) is 4.24. The molecule has 21 heavy (non-hydrogen) atoms. The molecule has 2 aromatic rings. The van der Waals surface area contributed by atoms with E-state index >= 15 is 0 Å². The number of hydrogen-bond acceptors (Lipinski definition) is 5. The first-order chi connectivity index (χ1) is 10.1. The van der Waals surface area contributed by atoms with Gasteiger partial charge in [-0.05, 0) is 49.1 Å². The second kappa shape index (κ2) is 5.69. The SMILES string of the molecule is O=C(O)c1cc2c(nc1Sc1nccc(=O)[nH]1)CCCC2. The Bertz CT molecular complexity index is 757. The molecule has 2 aromatic heterocycles. The fourth-order valence-corrected chi connectivity index (χ4v) is 3.20. The number of nitrogens with one attached hydrogen (secondary N) is 1. The molecule has 0 spiro atoms. The van der Waals surface area contributed by atoms with E-state index in [0.29, 0.717) is 10.2 Å². The van der Waals surface area contributed by atoms with Gasteiger partial charge in [0.25, 0.3) is 5.56 Å². The van der Waals surface area contributed by atoms with Crippen molar-refractivity contribution in [1.82, 2.24) is 15.0 Å². The predicted molar refractivity (Wildman–Crippen MR) is 76.8 cm³/mol. The molecule has 7 heteroatoms.